The molecule has 2 aliphatic carbocycles. The van der Waals surface area contributed by atoms with Crippen molar-refractivity contribution in [1.29, 1.82) is 0 Å². The molecule has 2 atom stereocenters. The first-order valence-electron chi connectivity index (χ1n) is 8.10. The van der Waals surface area contributed by atoms with Crippen LogP contribution in [0.25, 0.3) is 0 Å². The molecular weight excluding hydrogens is 268 g/mol. The normalized spacial score (nSPS) is 26.1. The van der Waals surface area contributed by atoms with Crippen molar-refractivity contribution in [3.05, 3.63) is 11.9 Å². The SMILES string of the molecule is COC1CCCC(OCCn2cc(CNC3CC3)nn2)C1. The number of hydrogen-bond acceptors (Lipinski definition) is 5. The van der Waals surface area contributed by atoms with E-state index in [0.29, 0.717) is 24.9 Å². The van der Waals surface area contributed by atoms with Gasteiger partial charge in [0.2, 0.25) is 0 Å². The van der Waals surface area contributed by atoms with Crippen molar-refractivity contribution in [2.45, 2.75) is 69.9 Å². The average Bonchev–Trinajstić information content (AvgIpc) is 3.24. The molecular formula is C15H26N4O2. The van der Waals surface area contributed by atoms with E-state index in [0.717, 1.165) is 38.0 Å². The van der Waals surface area contributed by atoms with Gasteiger partial charge in [-0.15, -0.1) is 5.10 Å². The topological polar surface area (TPSA) is 61.2 Å². The molecule has 0 aromatic carbocycles. The van der Waals surface area contributed by atoms with Crippen molar-refractivity contribution in [2.24, 2.45) is 0 Å². The van der Waals surface area contributed by atoms with Crippen LogP contribution in [0, 0.1) is 0 Å². The maximum atomic E-state index is 5.95. The first-order valence-corrected chi connectivity index (χ1v) is 8.10. The van der Waals surface area contributed by atoms with Crippen LogP contribution in [0.1, 0.15) is 44.2 Å². The van der Waals surface area contributed by atoms with Crippen molar-refractivity contribution < 1.29 is 9.47 Å². The highest BCUT2D eigenvalue weighted by Gasteiger charge is 2.22. The summed E-state index contributed by atoms with van der Waals surface area (Å²) in [7, 11) is 1.79. The standard InChI is InChI=1S/C15H26N4O2/c1-20-14-3-2-4-15(9-14)21-8-7-19-11-13(17-18-19)10-16-12-5-6-12/h11-12,14-16H,2-10H2,1H3. The second kappa shape index (κ2) is 7.33. The smallest absolute Gasteiger partial charge is 0.0964 e. The van der Waals surface area contributed by atoms with Crippen molar-refractivity contribution in [1.82, 2.24) is 20.3 Å². The van der Waals surface area contributed by atoms with E-state index in [1.54, 1.807) is 7.11 Å². The van der Waals surface area contributed by atoms with Gasteiger partial charge in [-0.1, -0.05) is 5.21 Å². The van der Waals surface area contributed by atoms with Crippen LogP contribution in [-0.2, 0) is 22.6 Å². The molecule has 1 heterocycles. The fourth-order valence-corrected chi connectivity index (χ4v) is 2.85. The van der Waals surface area contributed by atoms with Crippen LogP contribution in [-0.4, -0.2) is 47.0 Å². The summed E-state index contributed by atoms with van der Waals surface area (Å²) >= 11 is 0. The van der Waals surface area contributed by atoms with Crippen molar-refractivity contribution in [3.63, 3.8) is 0 Å². The molecule has 2 unspecified atom stereocenters. The third-order valence-corrected chi connectivity index (χ3v) is 4.32. The highest BCUT2D eigenvalue weighted by Crippen LogP contribution is 2.23. The van der Waals surface area contributed by atoms with Gasteiger partial charge in [0.25, 0.3) is 0 Å². The second-order valence-electron chi connectivity index (χ2n) is 6.15. The maximum absolute atomic E-state index is 5.95. The van der Waals surface area contributed by atoms with Gasteiger partial charge in [0.05, 0.1) is 31.1 Å². The summed E-state index contributed by atoms with van der Waals surface area (Å²) in [5.74, 6) is 0. The first-order chi connectivity index (χ1) is 10.3. The second-order valence-corrected chi connectivity index (χ2v) is 6.15. The number of nitrogens with one attached hydrogen (secondary N) is 1. The lowest BCUT2D eigenvalue weighted by Crippen LogP contribution is -2.28. The van der Waals surface area contributed by atoms with E-state index < -0.39 is 0 Å². The maximum Gasteiger partial charge on any atom is 0.0964 e. The summed E-state index contributed by atoms with van der Waals surface area (Å²) in [6.45, 7) is 2.29. The summed E-state index contributed by atoms with van der Waals surface area (Å²) < 4.78 is 13.3. The van der Waals surface area contributed by atoms with Gasteiger partial charge < -0.3 is 14.8 Å². The zero-order chi connectivity index (χ0) is 14.5. The predicted molar refractivity (Wildman–Crippen MR) is 78.9 cm³/mol. The number of nitrogens with zero attached hydrogens (tertiary/aromatic N) is 3. The highest BCUT2D eigenvalue weighted by molar-refractivity contribution is 4.94. The molecule has 6 heteroatoms. The minimum absolute atomic E-state index is 0.336. The molecule has 1 aromatic rings. The van der Waals surface area contributed by atoms with Crippen LogP contribution in [0.15, 0.2) is 6.20 Å². The molecule has 21 heavy (non-hydrogen) atoms. The van der Waals surface area contributed by atoms with E-state index in [4.69, 9.17) is 9.47 Å². The lowest BCUT2D eigenvalue weighted by atomic mass is 9.95. The summed E-state index contributed by atoms with van der Waals surface area (Å²) in [5, 5.41) is 11.8. The zero-order valence-electron chi connectivity index (χ0n) is 12.8. The Morgan fingerprint density at radius 2 is 2.14 bits per heavy atom. The fraction of sp³-hybridized carbons (Fsp3) is 0.867. The number of methoxy groups -OCH3 is 1. The van der Waals surface area contributed by atoms with Gasteiger partial charge in [0, 0.05) is 25.9 Å². The monoisotopic (exact) mass is 294 g/mol. The van der Waals surface area contributed by atoms with Crippen LogP contribution < -0.4 is 5.32 Å². The van der Waals surface area contributed by atoms with Crippen molar-refractivity contribution >= 4 is 0 Å². The fourth-order valence-electron chi connectivity index (χ4n) is 2.85. The predicted octanol–water partition coefficient (Wildman–Crippen LogP) is 1.50. The molecule has 0 spiro atoms. The molecule has 0 amide bonds. The minimum atomic E-state index is 0.336. The Bertz CT molecular complexity index is 433. The Kier molecular flexibility index (Phi) is 5.22. The molecule has 1 aromatic heterocycles. The van der Waals surface area contributed by atoms with Gasteiger partial charge in [0.15, 0.2) is 0 Å². The van der Waals surface area contributed by atoms with Gasteiger partial charge in [-0.3, -0.25) is 0 Å². The molecule has 3 rings (SSSR count). The van der Waals surface area contributed by atoms with Gasteiger partial charge in [-0.2, -0.15) is 0 Å². The molecule has 0 bridgehead atoms. The summed E-state index contributed by atoms with van der Waals surface area (Å²) in [4.78, 5) is 0. The highest BCUT2D eigenvalue weighted by atomic mass is 16.5. The molecule has 0 aliphatic heterocycles. The molecule has 6 nitrogen and oxygen atoms in total. The zero-order valence-corrected chi connectivity index (χ0v) is 12.8. The molecule has 2 aliphatic rings. The third kappa shape index (κ3) is 4.76. The van der Waals surface area contributed by atoms with E-state index in [-0.39, 0.29) is 0 Å². The summed E-state index contributed by atoms with van der Waals surface area (Å²) in [5.41, 5.74) is 1.01. The Balaban J connectivity index is 1.34. The van der Waals surface area contributed by atoms with Gasteiger partial charge in [-0.25, -0.2) is 4.68 Å². The van der Waals surface area contributed by atoms with E-state index >= 15 is 0 Å². The Morgan fingerprint density at radius 1 is 1.29 bits per heavy atom. The largest absolute Gasteiger partial charge is 0.381 e. The molecule has 2 saturated carbocycles. The summed E-state index contributed by atoms with van der Waals surface area (Å²) in [6, 6.07) is 0.707. The van der Waals surface area contributed by atoms with E-state index in [1.165, 1.54) is 19.3 Å². The quantitative estimate of drug-likeness (QED) is 0.787. The molecule has 118 valence electrons. The molecule has 0 saturated heterocycles. The Hall–Kier alpha value is -0.980. The van der Waals surface area contributed by atoms with Gasteiger partial charge >= 0.3 is 0 Å². The summed E-state index contributed by atoms with van der Waals surface area (Å²) in [6.07, 6.45) is 9.84. The minimum Gasteiger partial charge on any atom is -0.381 e. The average molecular weight is 294 g/mol. The number of rotatable bonds is 8. The van der Waals surface area contributed by atoms with Crippen LogP contribution >= 0.6 is 0 Å². The number of ether oxygens (including phenoxy) is 2. The first kappa shape index (κ1) is 14.9. The molecule has 0 radical (unpaired) electrons. The number of hydrogen-bond donors (Lipinski definition) is 1. The van der Waals surface area contributed by atoms with Crippen molar-refractivity contribution in [3.8, 4) is 0 Å². The van der Waals surface area contributed by atoms with Crippen LogP contribution in [0.3, 0.4) is 0 Å². The van der Waals surface area contributed by atoms with Crippen LogP contribution in [0.5, 0.6) is 0 Å². The van der Waals surface area contributed by atoms with Gasteiger partial charge in [0.1, 0.15) is 0 Å². The third-order valence-electron chi connectivity index (χ3n) is 4.32. The van der Waals surface area contributed by atoms with Gasteiger partial charge in [-0.05, 0) is 38.5 Å². The Morgan fingerprint density at radius 3 is 2.95 bits per heavy atom. The Labute approximate surface area is 126 Å². The number of aromatic nitrogens is 3. The molecule has 1 N–H and O–H groups in total. The lowest BCUT2D eigenvalue weighted by Gasteiger charge is -2.28. The lowest BCUT2D eigenvalue weighted by molar-refractivity contribution is -0.0320. The van der Waals surface area contributed by atoms with Crippen LogP contribution in [0.4, 0.5) is 0 Å². The van der Waals surface area contributed by atoms with E-state index in [9.17, 15) is 0 Å². The molecule has 2 fully saturated rings. The van der Waals surface area contributed by atoms with E-state index in [1.807, 2.05) is 10.9 Å². The van der Waals surface area contributed by atoms with Crippen LogP contribution in [0.2, 0.25) is 0 Å². The van der Waals surface area contributed by atoms with E-state index in [2.05, 4.69) is 15.6 Å². The van der Waals surface area contributed by atoms with Crippen molar-refractivity contribution in [2.75, 3.05) is 13.7 Å².